The van der Waals surface area contributed by atoms with Crippen LogP contribution in [0.25, 0.3) is 0 Å². The Morgan fingerprint density at radius 1 is 0.941 bits per heavy atom. The van der Waals surface area contributed by atoms with Crippen LogP contribution >= 0.6 is 0 Å². The summed E-state index contributed by atoms with van der Waals surface area (Å²) in [4.78, 5) is 13.0. The largest absolute Gasteiger partial charge is 0.459 e. The van der Waals surface area contributed by atoms with Crippen LogP contribution in [0.1, 0.15) is 153 Å². The first-order valence-corrected chi connectivity index (χ1v) is 21.1. The highest BCUT2D eigenvalue weighted by Crippen LogP contribution is 2.67. The summed E-state index contributed by atoms with van der Waals surface area (Å²) in [6, 6.07) is 0. The molecule has 0 saturated heterocycles. The van der Waals surface area contributed by atoms with Crippen LogP contribution in [0.4, 0.5) is 0 Å². The Kier molecular flexibility index (Phi) is 12.8. The highest BCUT2D eigenvalue weighted by molar-refractivity contribution is 5.83. The average Bonchev–Trinajstić information content (AvgIpc) is 3.41. The van der Waals surface area contributed by atoms with E-state index in [2.05, 4.69) is 112 Å². The summed E-state index contributed by atoms with van der Waals surface area (Å²) in [5.74, 6) is 5.12. The van der Waals surface area contributed by atoms with Crippen LogP contribution in [-0.2, 0) is 9.53 Å². The molecular weight excluding hydrogens is 621 g/mol. The van der Waals surface area contributed by atoms with Crippen LogP contribution in [0.5, 0.6) is 0 Å². The summed E-state index contributed by atoms with van der Waals surface area (Å²) >= 11 is 0. The molecule has 0 aliphatic heterocycles. The van der Waals surface area contributed by atoms with E-state index in [4.69, 9.17) is 4.74 Å². The third-order valence-corrected chi connectivity index (χ3v) is 15.2. The number of fused-ring (bicyclic) bond motifs is 5. The van der Waals surface area contributed by atoms with Crippen molar-refractivity contribution in [3.05, 3.63) is 82.5 Å². The molecule has 0 N–H and O–H groups in total. The van der Waals surface area contributed by atoms with E-state index >= 15 is 0 Å². The summed E-state index contributed by atoms with van der Waals surface area (Å²) in [5, 5.41) is 0. The highest BCUT2D eigenvalue weighted by atomic mass is 16.5. The van der Waals surface area contributed by atoms with Gasteiger partial charge in [-0.15, -0.1) is 0 Å². The number of rotatable bonds is 11. The van der Waals surface area contributed by atoms with Crippen molar-refractivity contribution in [2.75, 3.05) is 0 Å². The second-order valence-corrected chi connectivity index (χ2v) is 19.3. The maximum Gasteiger partial charge on any atom is 0.331 e. The van der Waals surface area contributed by atoms with Crippen molar-refractivity contribution < 1.29 is 9.53 Å². The molecule has 1 unspecified atom stereocenters. The molecule has 5 rings (SSSR count). The lowest BCUT2D eigenvalue weighted by Gasteiger charge is -2.58. The number of esters is 1. The Morgan fingerprint density at radius 2 is 1.71 bits per heavy atom. The van der Waals surface area contributed by atoms with E-state index in [1.165, 1.54) is 74.5 Å². The number of hydrogen-bond acceptors (Lipinski definition) is 2. The van der Waals surface area contributed by atoms with E-state index in [1.54, 1.807) is 11.6 Å². The molecule has 51 heavy (non-hydrogen) atoms. The summed E-state index contributed by atoms with van der Waals surface area (Å²) in [7, 11) is 0. The molecule has 3 saturated carbocycles. The first-order chi connectivity index (χ1) is 24.1. The standard InChI is InChI=1S/C49H74O2/c1-12-38(33(2)3)20-19-37(7)43-24-25-44-41-22-21-39-32-40(26-29-48(39,10)45(41)27-30-49(43,44)11)51-46(50)31-35(5)16-13-15-34(4)18-23-42-36(6)17-14-28-47(42,8)9/h13,15-16,18-21,23,31,33,37-38,40-41,43-45H,12,14,17,22,24-30,32H2,1-11H3/t37-,38-,40?,41+,43-,44+,45+,48+,49-/m1/s1. The maximum absolute atomic E-state index is 13.0. The van der Waals surface area contributed by atoms with Crippen molar-refractivity contribution in [3.8, 4) is 0 Å². The summed E-state index contributed by atoms with van der Waals surface area (Å²) < 4.78 is 6.11. The van der Waals surface area contributed by atoms with Gasteiger partial charge in [-0.05, 0) is 160 Å². The van der Waals surface area contributed by atoms with E-state index in [9.17, 15) is 4.79 Å². The predicted octanol–water partition coefficient (Wildman–Crippen LogP) is 13.9. The Hall–Kier alpha value is -2.35. The zero-order chi connectivity index (χ0) is 37.1. The molecule has 0 aromatic heterocycles. The molecule has 0 aromatic carbocycles. The number of carbonyl (C=O) groups excluding carboxylic acids is 1. The van der Waals surface area contributed by atoms with Crippen LogP contribution in [0.15, 0.2) is 82.5 Å². The molecule has 2 nitrogen and oxygen atoms in total. The second kappa shape index (κ2) is 16.3. The molecule has 3 fully saturated rings. The fourth-order valence-electron chi connectivity index (χ4n) is 12.0. The smallest absolute Gasteiger partial charge is 0.331 e. The van der Waals surface area contributed by atoms with Crippen LogP contribution < -0.4 is 0 Å². The van der Waals surface area contributed by atoms with Crippen molar-refractivity contribution in [2.45, 2.75) is 159 Å². The van der Waals surface area contributed by atoms with E-state index < -0.39 is 0 Å². The Labute approximate surface area is 314 Å². The fraction of sp³-hybridized carbons (Fsp3) is 0.694. The Balaban J connectivity index is 1.16. The molecule has 0 spiro atoms. The van der Waals surface area contributed by atoms with Crippen molar-refractivity contribution in [1.29, 1.82) is 0 Å². The van der Waals surface area contributed by atoms with Crippen molar-refractivity contribution >= 4 is 5.97 Å². The van der Waals surface area contributed by atoms with Gasteiger partial charge in [0.25, 0.3) is 0 Å². The molecule has 2 heteroatoms. The van der Waals surface area contributed by atoms with E-state index in [-0.39, 0.29) is 22.9 Å². The minimum atomic E-state index is -0.199. The summed E-state index contributed by atoms with van der Waals surface area (Å²) in [6.07, 6.45) is 35.0. The topological polar surface area (TPSA) is 26.3 Å². The lowest BCUT2D eigenvalue weighted by atomic mass is 9.47. The molecule has 0 heterocycles. The molecule has 0 amide bonds. The summed E-state index contributed by atoms with van der Waals surface area (Å²) in [5.41, 5.74) is 7.70. The molecule has 5 aliphatic rings. The molecular formula is C49H74O2. The van der Waals surface area contributed by atoms with Gasteiger partial charge in [0.15, 0.2) is 0 Å². The molecule has 9 atom stereocenters. The quantitative estimate of drug-likeness (QED) is 0.0931. The first kappa shape index (κ1) is 39.8. The normalized spacial score (nSPS) is 35.6. The van der Waals surface area contributed by atoms with Crippen LogP contribution in [0.2, 0.25) is 0 Å². The van der Waals surface area contributed by atoms with Gasteiger partial charge in [-0.1, -0.05) is 121 Å². The number of ether oxygens (including phenoxy) is 1. The van der Waals surface area contributed by atoms with Gasteiger partial charge in [-0.2, -0.15) is 0 Å². The minimum Gasteiger partial charge on any atom is -0.459 e. The van der Waals surface area contributed by atoms with Gasteiger partial charge in [0.1, 0.15) is 6.10 Å². The van der Waals surface area contributed by atoms with Gasteiger partial charge in [0.2, 0.25) is 0 Å². The van der Waals surface area contributed by atoms with Crippen molar-refractivity contribution in [3.63, 3.8) is 0 Å². The zero-order valence-electron chi connectivity index (χ0n) is 34.6. The minimum absolute atomic E-state index is 0.00868. The van der Waals surface area contributed by atoms with Crippen LogP contribution in [0.3, 0.4) is 0 Å². The monoisotopic (exact) mass is 695 g/mol. The zero-order valence-corrected chi connectivity index (χ0v) is 34.6. The van der Waals surface area contributed by atoms with Gasteiger partial charge in [0.05, 0.1) is 0 Å². The third kappa shape index (κ3) is 8.73. The highest BCUT2D eigenvalue weighted by Gasteiger charge is 2.59. The summed E-state index contributed by atoms with van der Waals surface area (Å²) in [6.45, 7) is 26.0. The van der Waals surface area contributed by atoms with Gasteiger partial charge in [0, 0.05) is 12.5 Å². The molecule has 282 valence electrons. The van der Waals surface area contributed by atoms with Gasteiger partial charge in [-0.25, -0.2) is 4.79 Å². The molecule has 0 radical (unpaired) electrons. The predicted molar refractivity (Wildman–Crippen MR) is 218 cm³/mol. The number of allylic oxidation sites excluding steroid dienone is 12. The van der Waals surface area contributed by atoms with Gasteiger partial charge in [-0.3, -0.25) is 0 Å². The number of hydrogen-bond donors (Lipinski definition) is 0. The molecule has 0 aromatic rings. The van der Waals surface area contributed by atoms with Gasteiger partial charge < -0.3 is 4.74 Å². The van der Waals surface area contributed by atoms with Crippen LogP contribution in [-0.4, -0.2) is 12.1 Å². The Bertz CT molecular complexity index is 1470. The number of carbonyl (C=O) groups is 1. The molecule has 5 aliphatic carbocycles. The van der Waals surface area contributed by atoms with E-state index in [0.717, 1.165) is 54.4 Å². The second-order valence-electron chi connectivity index (χ2n) is 19.3. The van der Waals surface area contributed by atoms with Crippen LogP contribution in [0, 0.1) is 57.7 Å². The van der Waals surface area contributed by atoms with Gasteiger partial charge >= 0.3 is 5.97 Å². The molecule has 0 bridgehead atoms. The van der Waals surface area contributed by atoms with Crippen molar-refractivity contribution in [1.82, 2.24) is 0 Å². The lowest BCUT2D eigenvalue weighted by molar-refractivity contribution is -0.145. The van der Waals surface area contributed by atoms with E-state index in [0.29, 0.717) is 17.3 Å². The maximum atomic E-state index is 13.0. The first-order valence-electron chi connectivity index (χ1n) is 21.1. The van der Waals surface area contributed by atoms with Crippen molar-refractivity contribution in [2.24, 2.45) is 57.7 Å². The third-order valence-electron chi connectivity index (χ3n) is 15.2. The Morgan fingerprint density at radius 3 is 2.41 bits per heavy atom. The SMILES string of the molecule is CC[C@H](C=C[C@@H](C)[C@H]1CC[C@H]2[C@@H]3CC=C4CC(OC(=O)C=C(C)C=CC=C(C)C=CC5=C(C)CCCC5(C)C)CC[C@]4(C)[C@H]3CC[C@]12C)C(C)C. The lowest BCUT2D eigenvalue weighted by Crippen LogP contribution is -2.51. The average molecular weight is 695 g/mol. The fourth-order valence-corrected chi connectivity index (χ4v) is 12.0. The van der Waals surface area contributed by atoms with E-state index in [1.807, 2.05) is 13.0 Å².